The van der Waals surface area contributed by atoms with Crippen LogP contribution in [0.15, 0.2) is 60.8 Å². The molecule has 2 heterocycles. The maximum absolute atomic E-state index is 12.5. The van der Waals surface area contributed by atoms with Gasteiger partial charge in [0.1, 0.15) is 0 Å². The minimum Gasteiger partial charge on any atom is -0.378 e. The molecule has 0 radical (unpaired) electrons. The average molecular weight is 419 g/mol. The van der Waals surface area contributed by atoms with Crippen LogP contribution in [0.5, 0.6) is 0 Å². The summed E-state index contributed by atoms with van der Waals surface area (Å²) in [5, 5.41) is 14.5. The fourth-order valence-electron chi connectivity index (χ4n) is 3.31. The third-order valence-electron chi connectivity index (χ3n) is 5.08. The van der Waals surface area contributed by atoms with Crippen molar-refractivity contribution < 1.29 is 9.53 Å². The highest BCUT2D eigenvalue weighted by atomic mass is 16.5. The fraction of sp³-hybridized carbons (Fsp3) is 0.261. The first-order valence-corrected chi connectivity index (χ1v) is 10.2. The van der Waals surface area contributed by atoms with Crippen LogP contribution in [0.2, 0.25) is 0 Å². The second-order valence-corrected chi connectivity index (χ2v) is 7.50. The third kappa shape index (κ3) is 5.29. The van der Waals surface area contributed by atoms with E-state index < -0.39 is 0 Å². The van der Waals surface area contributed by atoms with E-state index in [1.807, 2.05) is 73.6 Å². The summed E-state index contributed by atoms with van der Waals surface area (Å²) in [5.41, 5.74) is 4.27. The minimum absolute atomic E-state index is 0.143. The Morgan fingerprint density at radius 3 is 2.35 bits per heavy atom. The zero-order chi connectivity index (χ0) is 21.6. The lowest BCUT2D eigenvalue weighted by Crippen LogP contribution is -2.36. The molecule has 31 heavy (non-hydrogen) atoms. The molecular formula is C23H26N6O2. The highest BCUT2D eigenvalue weighted by molar-refractivity contribution is 6.04. The van der Waals surface area contributed by atoms with Gasteiger partial charge in [-0.2, -0.15) is 5.10 Å². The van der Waals surface area contributed by atoms with Gasteiger partial charge in [-0.1, -0.05) is 0 Å². The monoisotopic (exact) mass is 418 g/mol. The lowest BCUT2D eigenvalue weighted by Gasteiger charge is -2.28. The van der Waals surface area contributed by atoms with Gasteiger partial charge in [0.05, 0.1) is 25.1 Å². The Hall–Kier alpha value is -3.65. The molecular weight excluding hydrogens is 392 g/mol. The molecule has 1 aliphatic heterocycles. The molecule has 2 N–H and O–H groups in total. The normalized spacial score (nSPS) is 13.5. The van der Waals surface area contributed by atoms with Crippen molar-refractivity contribution in [3.63, 3.8) is 0 Å². The van der Waals surface area contributed by atoms with Gasteiger partial charge in [0.25, 0.3) is 5.91 Å². The SMILES string of the molecule is CN(C)c1ccc(C(=O)Nc2ccc(Nc3cc(N4CCOCC4)cnn3)cc2)cc1. The standard InChI is InChI=1S/C23H26N6O2/c1-28(2)20-9-3-17(4-10-20)23(30)26-19-7-5-18(6-8-19)25-22-15-21(16-24-27-22)29-11-13-31-14-12-29/h3-10,15-16H,11-14H2,1-2H3,(H,25,27)(H,26,30). The number of benzene rings is 2. The predicted octanol–water partition coefficient (Wildman–Crippen LogP) is 3.38. The molecule has 160 valence electrons. The van der Waals surface area contributed by atoms with Crippen molar-refractivity contribution in [3.8, 4) is 0 Å². The van der Waals surface area contributed by atoms with Gasteiger partial charge < -0.3 is 25.2 Å². The van der Waals surface area contributed by atoms with Gasteiger partial charge in [0, 0.05) is 55.9 Å². The maximum atomic E-state index is 12.5. The summed E-state index contributed by atoms with van der Waals surface area (Å²) in [4.78, 5) is 16.7. The van der Waals surface area contributed by atoms with Crippen molar-refractivity contribution in [2.75, 3.05) is 60.8 Å². The van der Waals surface area contributed by atoms with Crippen LogP contribution in [0.1, 0.15) is 10.4 Å². The van der Waals surface area contributed by atoms with Gasteiger partial charge in [-0.3, -0.25) is 4.79 Å². The number of ether oxygens (including phenoxy) is 1. The van der Waals surface area contributed by atoms with Gasteiger partial charge >= 0.3 is 0 Å². The second-order valence-electron chi connectivity index (χ2n) is 7.50. The van der Waals surface area contributed by atoms with Crippen LogP contribution in [-0.4, -0.2) is 56.5 Å². The molecule has 0 unspecified atom stereocenters. The molecule has 0 spiro atoms. The Morgan fingerprint density at radius 1 is 1.00 bits per heavy atom. The molecule has 4 rings (SSSR count). The van der Waals surface area contributed by atoms with Crippen LogP contribution in [-0.2, 0) is 4.74 Å². The van der Waals surface area contributed by atoms with E-state index in [4.69, 9.17) is 4.74 Å². The Labute approximate surface area is 181 Å². The summed E-state index contributed by atoms with van der Waals surface area (Å²) in [6.07, 6.45) is 1.76. The average Bonchev–Trinajstić information content (AvgIpc) is 2.81. The largest absolute Gasteiger partial charge is 0.378 e. The van der Waals surface area contributed by atoms with E-state index >= 15 is 0 Å². The van der Waals surface area contributed by atoms with Crippen LogP contribution >= 0.6 is 0 Å². The van der Waals surface area contributed by atoms with Crippen molar-refractivity contribution >= 4 is 34.5 Å². The van der Waals surface area contributed by atoms with E-state index in [1.165, 1.54) is 0 Å². The minimum atomic E-state index is -0.143. The van der Waals surface area contributed by atoms with Crippen LogP contribution in [0.25, 0.3) is 0 Å². The third-order valence-corrected chi connectivity index (χ3v) is 5.08. The number of aromatic nitrogens is 2. The molecule has 1 saturated heterocycles. The predicted molar refractivity (Wildman–Crippen MR) is 124 cm³/mol. The molecule has 8 heteroatoms. The molecule has 8 nitrogen and oxygen atoms in total. The summed E-state index contributed by atoms with van der Waals surface area (Å²) >= 11 is 0. The highest BCUT2D eigenvalue weighted by Crippen LogP contribution is 2.22. The zero-order valence-electron chi connectivity index (χ0n) is 17.7. The summed E-state index contributed by atoms with van der Waals surface area (Å²) in [6.45, 7) is 3.13. The van der Waals surface area contributed by atoms with E-state index in [0.29, 0.717) is 11.4 Å². The van der Waals surface area contributed by atoms with E-state index in [2.05, 4.69) is 25.7 Å². The van der Waals surface area contributed by atoms with Gasteiger partial charge in [-0.15, -0.1) is 5.10 Å². The van der Waals surface area contributed by atoms with Crippen LogP contribution in [0.3, 0.4) is 0 Å². The van der Waals surface area contributed by atoms with Crippen molar-refractivity contribution in [2.24, 2.45) is 0 Å². The molecule has 3 aromatic rings. The molecule has 1 fully saturated rings. The van der Waals surface area contributed by atoms with Gasteiger partial charge in [0.2, 0.25) is 0 Å². The van der Waals surface area contributed by atoms with E-state index in [0.717, 1.165) is 49.1 Å². The number of amides is 1. The number of anilines is 5. The zero-order valence-corrected chi connectivity index (χ0v) is 17.7. The van der Waals surface area contributed by atoms with E-state index in [-0.39, 0.29) is 5.91 Å². The second kappa shape index (κ2) is 9.44. The molecule has 0 atom stereocenters. The summed E-state index contributed by atoms with van der Waals surface area (Å²) < 4.78 is 5.40. The highest BCUT2D eigenvalue weighted by Gasteiger charge is 2.12. The van der Waals surface area contributed by atoms with Gasteiger partial charge in [-0.25, -0.2) is 0 Å². The number of rotatable bonds is 6. The lowest BCUT2D eigenvalue weighted by molar-refractivity contribution is 0.102. The Balaban J connectivity index is 1.37. The Kier molecular flexibility index (Phi) is 6.28. The van der Waals surface area contributed by atoms with Gasteiger partial charge in [0.15, 0.2) is 5.82 Å². The van der Waals surface area contributed by atoms with Crippen molar-refractivity contribution in [2.45, 2.75) is 0 Å². The van der Waals surface area contributed by atoms with Crippen molar-refractivity contribution in [1.82, 2.24) is 10.2 Å². The Morgan fingerprint density at radius 2 is 1.68 bits per heavy atom. The first-order valence-electron chi connectivity index (χ1n) is 10.2. The summed E-state index contributed by atoms with van der Waals surface area (Å²) in [7, 11) is 3.93. The molecule has 0 bridgehead atoms. The summed E-state index contributed by atoms with van der Waals surface area (Å²) in [6, 6.07) is 17.0. The van der Waals surface area contributed by atoms with E-state index in [1.54, 1.807) is 6.20 Å². The van der Waals surface area contributed by atoms with Crippen LogP contribution in [0.4, 0.5) is 28.6 Å². The number of carbonyl (C=O) groups is 1. The number of hydrogen-bond donors (Lipinski definition) is 2. The maximum Gasteiger partial charge on any atom is 0.255 e. The number of nitrogens with one attached hydrogen (secondary N) is 2. The van der Waals surface area contributed by atoms with E-state index in [9.17, 15) is 4.79 Å². The first kappa shape index (κ1) is 20.6. The summed E-state index contributed by atoms with van der Waals surface area (Å²) in [5.74, 6) is 0.525. The Bertz CT molecular complexity index is 1010. The quantitative estimate of drug-likeness (QED) is 0.635. The topological polar surface area (TPSA) is 82.6 Å². The molecule has 1 aromatic heterocycles. The molecule has 1 aliphatic rings. The number of nitrogens with zero attached hydrogens (tertiary/aromatic N) is 4. The van der Waals surface area contributed by atoms with Crippen molar-refractivity contribution in [3.05, 3.63) is 66.4 Å². The molecule has 2 aromatic carbocycles. The lowest BCUT2D eigenvalue weighted by atomic mass is 10.2. The molecule has 0 saturated carbocycles. The van der Waals surface area contributed by atoms with Crippen molar-refractivity contribution in [1.29, 1.82) is 0 Å². The number of morpholine rings is 1. The smallest absolute Gasteiger partial charge is 0.255 e. The van der Waals surface area contributed by atoms with Gasteiger partial charge in [-0.05, 0) is 48.5 Å². The first-order chi connectivity index (χ1) is 15.1. The molecule has 1 amide bonds. The van der Waals surface area contributed by atoms with Crippen LogP contribution < -0.4 is 20.4 Å². The molecule has 0 aliphatic carbocycles. The number of hydrogen-bond acceptors (Lipinski definition) is 7. The van der Waals surface area contributed by atoms with Crippen LogP contribution in [0, 0.1) is 0 Å². The fourth-order valence-corrected chi connectivity index (χ4v) is 3.31. The number of carbonyl (C=O) groups excluding carboxylic acids is 1.